The normalized spacial score (nSPS) is 17.4. The minimum absolute atomic E-state index is 0.00108. The van der Waals surface area contributed by atoms with Gasteiger partial charge in [0.2, 0.25) is 5.95 Å². The fourth-order valence-electron chi connectivity index (χ4n) is 3.09. The SMILES string of the molecule is N[C@H]1CCN(c2nc(-c3cccc(F)c3F)c3ccc(F)cc3n2)C1. The third kappa shape index (κ3) is 2.80. The molecule has 4 nitrogen and oxygen atoms in total. The molecule has 0 saturated carbocycles. The van der Waals surface area contributed by atoms with E-state index in [0.717, 1.165) is 12.5 Å². The van der Waals surface area contributed by atoms with Gasteiger partial charge in [-0.05, 0) is 30.7 Å². The van der Waals surface area contributed by atoms with Crippen LogP contribution < -0.4 is 10.6 Å². The summed E-state index contributed by atoms with van der Waals surface area (Å²) in [4.78, 5) is 10.7. The van der Waals surface area contributed by atoms with Gasteiger partial charge in [0.1, 0.15) is 5.82 Å². The van der Waals surface area contributed by atoms with Crippen molar-refractivity contribution in [1.82, 2.24) is 9.97 Å². The molecule has 7 heteroatoms. The van der Waals surface area contributed by atoms with Crippen molar-refractivity contribution >= 4 is 16.9 Å². The highest BCUT2D eigenvalue weighted by atomic mass is 19.2. The zero-order chi connectivity index (χ0) is 17.6. The van der Waals surface area contributed by atoms with Crippen LogP contribution in [0, 0.1) is 17.5 Å². The lowest BCUT2D eigenvalue weighted by Gasteiger charge is -2.18. The highest BCUT2D eigenvalue weighted by molar-refractivity contribution is 5.93. The van der Waals surface area contributed by atoms with Crippen molar-refractivity contribution in [3.8, 4) is 11.3 Å². The van der Waals surface area contributed by atoms with Crippen LogP contribution in [0.25, 0.3) is 22.2 Å². The Morgan fingerprint density at radius 2 is 1.92 bits per heavy atom. The van der Waals surface area contributed by atoms with Crippen LogP contribution in [0.3, 0.4) is 0 Å². The molecule has 2 heterocycles. The van der Waals surface area contributed by atoms with Gasteiger partial charge in [-0.15, -0.1) is 0 Å². The number of hydrogen-bond acceptors (Lipinski definition) is 4. The number of nitrogens with two attached hydrogens (primary N) is 1. The summed E-state index contributed by atoms with van der Waals surface area (Å²) < 4.78 is 41.7. The molecule has 1 atom stereocenters. The first-order valence-corrected chi connectivity index (χ1v) is 7.95. The van der Waals surface area contributed by atoms with Crippen LogP contribution in [-0.4, -0.2) is 29.1 Å². The molecule has 4 rings (SSSR count). The Hall–Kier alpha value is -2.67. The first-order valence-electron chi connectivity index (χ1n) is 7.95. The van der Waals surface area contributed by atoms with Crippen LogP contribution in [0.4, 0.5) is 19.1 Å². The van der Waals surface area contributed by atoms with Crippen molar-refractivity contribution in [2.75, 3.05) is 18.0 Å². The van der Waals surface area contributed by atoms with Crippen molar-refractivity contribution in [1.29, 1.82) is 0 Å². The number of nitrogens with zero attached hydrogens (tertiary/aromatic N) is 3. The van der Waals surface area contributed by atoms with Crippen molar-refractivity contribution < 1.29 is 13.2 Å². The van der Waals surface area contributed by atoms with Crippen LogP contribution in [0.5, 0.6) is 0 Å². The van der Waals surface area contributed by atoms with E-state index in [4.69, 9.17) is 5.73 Å². The topological polar surface area (TPSA) is 55.0 Å². The molecule has 0 amide bonds. The second kappa shape index (κ2) is 6.00. The summed E-state index contributed by atoms with van der Waals surface area (Å²) in [5.41, 5.74) is 6.51. The molecule has 2 N–H and O–H groups in total. The first kappa shape index (κ1) is 15.8. The molecular weight excluding hydrogens is 329 g/mol. The van der Waals surface area contributed by atoms with Gasteiger partial charge >= 0.3 is 0 Å². The number of halogens is 3. The number of fused-ring (bicyclic) bond motifs is 1. The third-order valence-electron chi connectivity index (χ3n) is 4.36. The molecule has 3 aromatic rings. The largest absolute Gasteiger partial charge is 0.339 e. The second-order valence-corrected chi connectivity index (χ2v) is 6.13. The summed E-state index contributed by atoms with van der Waals surface area (Å²) in [5.74, 6) is -2.07. The van der Waals surface area contributed by atoms with Gasteiger partial charge in [-0.2, -0.15) is 0 Å². The lowest BCUT2D eigenvalue weighted by atomic mass is 10.1. The van der Waals surface area contributed by atoms with Crippen molar-refractivity contribution in [3.05, 3.63) is 53.8 Å². The molecule has 0 bridgehead atoms. The Kier molecular flexibility index (Phi) is 3.80. The molecule has 1 aromatic heterocycles. The highest BCUT2D eigenvalue weighted by Crippen LogP contribution is 2.31. The smallest absolute Gasteiger partial charge is 0.226 e. The van der Waals surface area contributed by atoms with Crippen LogP contribution in [0.2, 0.25) is 0 Å². The van der Waals surface area contributed by atoms with Gasteiger partial charge in [-0.1, -0.05) is 6.07 Å². The molecular formula is C18H15F3N4. The van der Waals surface area contributed by atoms with Crippen molar-refractivity contribution in [2.45, 2.75) is 12.5 Å². The molecule has 1 fully saturated rings. The number of hydrogen-bond donors (Lipinski definition) is 1. The first-order chi connectivity index (χ1) is 12.0. The Bertz CT molecular complexity index is 960. The number of rotatable bonds is 2. The maximum absolute atomic E-state index is 14.3. The average molecular weight is 344 g/mol. The van der Waals surface area contributed by atoms with Gasteiger partial charge in [0.25, 0.3) is 0 Å². The summed E-state index contributed by atoms with van der Waals surface area (Å²) in [6, 6.07) is 7.89. The fourth-order valence-corrected chi connectivity index (χ4v) is 3.09. The summed E-state index contributed by atoms with van der Waals surface area (Å²) >= 11 is 0. The average Bonchev–Trinajstić information content (AvgIpc) is 3.02. The molecule has 0 spiro atoms. The lowest BCUT2D eigenvalue weighted by Crippen LogP contribution is -2.27. The van der Waals surface area contributed by atoms with Gasteiger partial charge in [-0.3, -0.25) is 0 Å². The van der Waals surface area contributed by atoms with E-state index in [1.807, 2.05) is 4.90 Å². The van der Waals surface area contributed by atoms with Crippen molar-refractivity contribution in [3.63, 3.8) is 0 Å². The quantitative estimate of drug-likeness (QED) is 0.775. The van der Waals surface area contributed by atoms with Crippen LogP contribution in [-0.2, 0) is 0 Å². The minimum Gasteiger partial charge on any atom is -0.339 e. The molecule has 128 valence electrons. The maximum atomic E-state index is 14.3. The Morgan fingerprint density at radius 3 is 2.68 bits per heavy atom. The summed E-state index contributed by atoms with van der Waals surface area (Å²) in [6.45, 7) is 1.22. The van der Waals surface area contributed by atoms with Crippen LogP contribution in [0.15, 0.2) is 36.4 Å². The Morgan fingerprint density at radius 1 is 1.08 bits per heavy atom. The molecule has 25 heavy (non-hydrogen) atoms. The number of anilines is 1. The fraction of sp³-hybridized carbons (Fsp3) is 0.222. The van der Waals surface area contributed by atoms with Crippen LogP contribution in [0.1, 0.15) is 6.42 Å². The van der Waals surface area contributed by atoms with E-state index in [9.17, 15) is 13.2 Å². The number of benzene rings is 2. The van der Waals surface area contributed by atoms with Crippen molar-refractivity contribution in [2.24, 2.45) is 5.73 Å². The molecule has 1 aliphatic rings. The lowest BCUT2D eigenvalue weighted by molar-refractivity contribution is 0.511. The van der Waals surface area contributed by atoms with E-state index in [2.05, 4.69) is 9.97 Å². The van der Waals surface area contributed by atoms with Gasteiger partial charge in [-0.25, -0.2) is 23.1 Å². The molecule has 0 aliphatic carbocycles. The van der Waals surface area contributed by atoms with Gasteiger partial charge in [0, 0.05) is 36.1 Å². The van der Waals surface area contributed by atoms with E-state index in [-0.39, 0.29) is 17.3 Å². The Balaban J connectivity index is 1.96. The van der Waals surface area contributed by atoms with Crippen LogP contribution >= 0.6 is 0 Å². The van der Waals surface area contributed by atoms with E-state index in [1.54, 1.807) is 0 Å². The van der Waals surface area contributed by atoms with E-state index in [1.165, 1.54) is 30.3 Å². The zero-order valence-electron chi connectivity index (χ0n) is 13.2. The highest BCUT2D eigenvalue weighted by Gasteiger charge is 2.24. The monoisotopic (exact) mass is 344 g/mol. The summed E-state index contributed by atoms with van der Waals surface area (Å²) in [7, 11) is 0. The Labute approximate surface area is 142 Å². The third-order valence-corrected chi connectivity index (χ3v) is 4.36. The summed E-state index contributed by atoms with van der Waals surface area (Å²) in [6.07, 6.45) is 0.786. The predicted octanol–water partition coefficient (Wildman–Crippen LogP) is 3.25. The van der Waals surface area contributed by atoms with Gasteiger partial charge in [0.05, 0.1) is 11.2 Å². The molecule has 0 radical (unpaired) electrons. The van der Waals surface area contributed by atoms with E-state index in [0.29, 0.717) is 29.9 Å². The second-order valence-electron chi connectivity index (χ2n) is 6.13. The van der Waals surface area contributed by atoms with Gasteiger partial charge < -0.3 is 10.6 Å². The molecule has 1 saturated heterocycles. The zero-order valence-corrected chi connectivity index (χ0v) is 13.2. The standard InChI is InChI=1S/C18H15F3N4/c19-10-4-5-12-15(8-10)23-18(25-7-6-11(22)9-25)24-17(12)13-2-1-3-14(20)16(13)21/h1-5,8,11H,6-7,9,22H2/t11-/m0/s1. The maximum Gasteiger partial charge on any atom is 0.226 e. The summed E-state index contributed by atoms with van der Waals surface area (Å²) in [5, 5.41) is 0.457. The number of aromatic nitrogens is 2. The van der Waals surface area contributed by atoms with Gasteiger partial charge in [0.15, 0.2) is 11.6 Å². The van der Waals surface area contributed by atoms with E-state index >= 15 is 0 Å². The predicted molar refractivity (Wildman–Crippen MR) is 89.7 cm³/mol. The molecule has 2 aromatic carbocycles. The molecule has 0 unspecified atom stereocenters. The molecule has 1 aliphatic heterocycles. The minimum atomic E-state index is -0.990. The van der Waals surface area contributed by atoms with E-state index < -0.39 is 17.5 Å².